The molecule has 8 nitrogen and oxygen atoms in total. The second-order valence-corrected chi connectivity index (χ2v) is 9.39. The number of hydrogen-bond donors (Lipinski definition) is 1. The Labute approximate surface area is 199 Å². The van der Waals surface area contributed by atoms with Gasteiger partial charge in [0.15, 0.2) is 10.9 Å². The number of non-ortho nitro benzene ring substituents is 1. The zero-order chi connectivity index (χ0) is 23.9. The van der Waals surface area contributed by atoms with Crippen LogP contribution in [0.15, 0.2) is 56.4 Å². The number of Topliss-reactive ketones (excluding diaryl/α,β-unsaturated/α-hetero) is 1. The van der Waals surface area contributed by atoms with Crippen LogP contribution in [0.5, 0.6) is 0 Å². The molecule has 4 rings (SSSR count). The average molecular weight is 485 g/mol. The second-order valence-electron chi connectivity index (χ2n) is 7.74. The van der Waals surface area contributed by atoms with E-state index in [0.29, 0.717) is 47.1 Å². The highest BCUT2D eigenvalue weighted by Crippen LogP contribution is 2.49. The van der Waals surface area contributed by atoms with Gasteiger partial charge in [-0.2, -0.15) is 5.26 Å². The molecule has 0 saturated heterocycles. The van der Waals surface area contributed by atoms with E-state index in [1.54, 1.807) is 4.90 Å². The second kappa shape index (κ2) is 8.96. The molecule has 1 unspecified atom stereocenters. The van der Waals surface area contributed by atoms with E-state index in [1.807, 2.05) is 19.9 Å². The summed E-state index contributed by atoms with van der Waals surface area (Å²) in [7, 11) is 0. The molecule has 0 bridgehead atoms. The van der Waals surface area contributed by atoms with Crippen molar-refractivity contribution in [2.45, 2.75) is 44.1 Å². The number of thioether (sulfide) groups is 1. The fourth-order valence-corrected chi connectivity index (χ4v) is 5.48. The molecule has 10 heteroatoms. The van der Waals surface area contributed by atoms with E-state index < -0.39 is 10.8 Å². The maximum atomic E-state index is 13.2. The molecule has 1 aliphatic heterocycles. The van der Waals surface area contributed by atoms with Gasteiger partial charge in [-0.3, -0.25) is 19.8 Å². The number of hydrogen-bond acceptors (Lipinski definition) is 8. The van der Waals surface area contributed by atoms with Crippen molar-refractivity contribution in [1.29, 1.82) is 5.26 Å². The van der Waals surface area contributed by atoms with E-state index in [4.69, 9.17) is 21.8 Å². The molecule has 2 aliphatic rings. The number of nitro benzene ring substituents is 1. The van der Waals surface area contributed by atoms with Gasteiger partial charge in [0.2, 0.25) is 0 Å². The number of furan rings is 1. The minimum Gasteiger partial charge on any atom is -0.455 e. The lowest BCUT2D eigenvalue weighted by molar-refractivity contribution is -0.384. The molecule has 0 amide bonds. The fraction of sp³-hybridized carbons (Fsp3) is 0.304. The highest BCUT2D eigenvalue weighted by Gasteiger charge is 2.42. The van der Waals surface area contributed by atoms with Crippen LogP contribution in [-0.4, -0.2) is 16.5 Å². The number of carbonyl (C=O) groups excluding carboxylic acids is 1. The lowest BCUT2D eigenvalue weighted by atomic mass is 9.76. The quantitative estimate of drug-likeness (QED) is 0.331. The van der Waals surface area contributed by atoms with Crippen molar-refractivity contribution in [2.75, 3.05) is 10.7 Å². The van der Waals surface area contributed by atoms with Gasteiger partial charge in [0.25, 0.3) is 5.69 Å². The molecule has 1 atom stereocenters. The molecule has 1 aliphatic carbocycles. The number of benzene rings is 1. The highest BCUT2D eigenvalue weighted by atomic mass is 35.5. The molecule has 0 saturated carbocycles. The summed E-state index contributed by atoms with van der Waals surface area (Å²) in [5.74, 6) is 0.896. The molecule has 0 spiro atoms. The number of nitrogens with zero attached hydrogens (tertiary/aromatic N) is 3. The number of carbonyl (C=O) groups is 1. The number of aryl methyl sites for hydroxylation is 1. The van der Waals surface area contributed by atoms with Crippen LogP contribution in [0.25, 0.3) is 0 Å². The number of rotatable bonds is 5. The molecule has 170 valence electrons. The number of halogens is 1. The van der Waals surface area contributed by atoms with E-state index in [2.05, 4.69) is 6.07 Å². The van der Waals surface area contributed by atoms with E-state index in [0.717, 1.165) is 11.3 Å². The first-order valence-corrected chi connectivity index (χ1v) is 11.8. The van der Waals surface area contributed by atoms with Gasteiger partial charge in [0.1, 0.15) is 11.6 Å². The molecule has 2 N–H and O–H groups in total. The van der Waals surface area contributed by atoms with Gasteiger partial charge < -0.3 is 10.2 Å². The Kier molecular flexibility index (Phi) is 6.23. The zero-order valence-electron chi connectivity index (χ0n) is 18.1. The lowest BCUT2D eigenvalue weighted by Gasteiger charge is -2.39. The summed E-state index contributed by atoms with van der Waals surface area (Å²) in [5.41, 5.74) is 8.91. The predicted octanol–water partition coefficient (Wildman–Crippen LogP) is 5.57. The zero-order valence-corrected chi connectivity index (χ0v) is 19.6. The van der Waals surface area contributed by atoms with Crippen LogP contribution in [0, 0.1) is 28.4 Å². The molecule has 0 fully saturated rings. The van der Waals surface area contributed by atoms with Crippen molar-refractivity contribution in [3.63, 3.8) is 0 Å². The third-order valence-electron chi connectivity index (χ3n) is 5.73. The van der Waals surface area contributed by atoms with Crippen molar-refractivity contribution in [3.05, 3.63) is 73.4 Å². The SMILES string of the molecule is CCSc1oc(C)cc1C1C(C#N)=C(N)N(c2ccc([N+](=O)[O-])cc2Cl)C2=C1C(=O)CCC2. The van der Waals surface area contributed by atoms with Gasteiger partial charge in [-0.25, -0.2) is 0 Å². The Bertz CT molecular complexity index is 1270. The number of nitriles is 1. The first-order chi connectivity index (χ1) is 15.8. The molecule has 1 aromatic heterocycles. The van der Waals surface area contributed by atoms with E-state index in [-0.39, 0.29) is 27.9 Å². The van der Waals surface area contributed by atoms with Crippen LogP contribution in [-0.2, 0) is 4.79 Å². The van der Waals surface area contributed by atoms with Gasteiger partial charge >= 0.3 is 0 Å². The van der Waals surface area contributed by atoms with Gasteiger partial charge in [0, 0.05) is 35.4 Å². The van der Waals surface area contributed by atoms with Crippen LogP contribution >= 0.6 is 23.4 Å². The predicted molar refractivity (Wildman–Crippen MR) is 126 cm³/mol. The number of nitro groups is 1. The monoisotopic (exact) mass is 484 g/mol. The average Bonchev–Trinajstić information content (AvgIpc) is 3.13. The highest BCUT2D eigenvalue weighted by molar-refractivity contribution is 7.99. The van der Waals surface area contributed by atoms with Crippen molar-refractivity contribution in [2.24, 2.45) is 5.73 Å². The summed E-state index contributed by atoms with van der Waals surface area (Å²) in [5, 5.41) is 22.1. The summed E-state index contributed by atoms with van der Waals surface area (Å²) in [6.45, 7) is 3.82. The lowest BCUT2D eigenvalue weighted by Crippen LogP contribution is -2.38. The molecule has 1 aromatic carbocycles. The van der Waals surface area contributed by atoms with Crippen molar-refractivity contribution in [3.8, 4) is 6.07 Å². The Morgan fingerprint density at radius 3 is 2.79 bits per heavy atom. The minimum absolute atomic E-state index is 0.0594. The topological polar surface area (TPSA) is 126 Å². The van der Waals surface area contributed by atoms with Gasteiger partial charge in [-0.1, -0.05) is 30.3 Å². The van der Waals surface area contributed by atoms with Crippen LogP contribution in [0.2, 0.25) is 5.02 Å². The third kappa shape index (κ3) is 3.90. The first kappa shape index (κ1) is 23.0. The summed E-state index contributed by atoms with van der Waals surface area (Å²) in [6, 6.07) is 8.12. The Morgan fingerprint density at radius 1 is 1.39 bits per heavy atom. The Hall–Kier alpha value is -3.22. The summed E-state index contributed by atoms with van der Waals surface area (Å²) in [4.78, 5) is 25.5. The molecular weight excluding hydrogens is 464 g/mol. The normalized spacial score (nSPS) is 18.4. The van der Waals surface area contributed by atoms with Crippen LogP contribution in [0.3, 0.4) is 0 Å². The summed E-state index contributed by atoms with van der Waals surface area (Å²) >= 11 is 7.92. The summed E-state index contributed by atoms with van der Waals surface area (Å²) in [6.07, 6.45) is 1.54. The molecule has 0 radical (unpaired) electrons. The molecule has 2 aromatic rings. The smallest absolute Gasteiger partial charge is 0.271 e. The Morgan fingerprint density at radius 2 is 2.15 bits per heavy atom. The van der Waals surface area contributed by atoms with Crippen LogP contribution in [0.1, 0.15) is 43.4 Å². The standard InChI is InChI=1S/C23H21ClN4O4S/c1-3-33-23-14(9-12(2)32-23)20-15(11-25)22(26)27(18-5-4-6-19(29)21(18)20)17-8-7-13(28(30)31)10-16(17)24/h7-10,20H,3-6,26H2,1-2H3. The van der Waals surface area contributed by atoms with E-state index >= 15 is 0 Å². The van der Waals surface area contributed by atoms with Crippen molar-refractivity contribution in [1.82, 2.24) is 0 Å². The fourth-order valence-electron chi connectivity index (χ4n) is 4.42. The van der Waals surface area contributed by atoms with Gasteiger partial charge in [-0.15, -0.1) is 0 Å². The number of anilines is 1. The maximum absolute atomic E-state index is 13.2. The van der Waals surface area contributed by atoms with Gasteiger partial charge in [0.05, 0.1) is 33.2 Å². The van der Waals surface area contributed by atoms with E-state index in [1.165, 1.54) is 30.0 Å². The molecule has 33 heavy (non-hydrogen) atoms. The van der Waals surface area contributed by atoms with E-state index in [9.17, 15) is 20.2 Å². The number of ketones is 1. The minimum atomic E-state index is -0.641. The maximum Gasteiger partial charge on any atom is 0.271 e. The number of allylic oxidation sites excluding steroid dienone is 3. The number of nitrogens with two attached hydrogens (primary N) is 1. The van der Waals surface area contributed by atoms with Crippen LogP contribution < -0.4 is 10.6 Å². The first-order valence-electron chi connectivity index (χ1n) is 10.4. The van der Waals surface area contributed by atoms with Crippen LogP contribution in [0.4, 0.5) is 11.4 Å². The third-order valence-corrected chi connectivity index (χ3v) is 6.90. The Balaban J connectivity index is 1.97. The van der Waals surface area contributed by atoms with Gasteiger partial charge in [-0.05, 0) is 37.7 Å². The largest absolute Gasteiger partial charge is 0.455 e. The van der Waals surface area contributed by atoms with Crippen molar-refractivity contribution >= 4 is 40.5 Å². The van der Waals surface area contributed by atoms with Crippen molar-refractivity contribution < 1.29 is 14.1 Å². The summed E-state index contributed by atoms with van der Waals surface area (Å²) < 4.78 is 5.88. The molecular formula is C23H21ClN4O4S. The molecule has 2 heterocycles.